The summed E-state index contributed by atoms with van der Waals surface area (Å²) in [5, 5.41) is 3.17. The van der Waals surface area contributed by atoms with Crippen molar-refractivity contribution in [1.29, 1.82) is 0 Å². The van der Waals surface area contributed by atoms with Gasteiger partial charge in [0.05, 0.1) is 6.42 Å². The Morgan fingerprint density at radius 2 is 1.92 bits per heavy atom. The van der Waals surface area contributed by atoms with E-state index in [-0.39, 0.29) is 12.4 Å². The van der Waals surface area contributed by atoms with Crippen LogP contribution in [0.4, 0.5) is 0 Å². The third kappa shape index (κ3) is 14.7. The van der Waals surface area contributed by atoms with Crippen molar-refractivity contribution in [3.8, 4) is 0 Å². The van der Waals surface area contributed by atoms with Gasteiger partial charge in [0.15, 0.2) is 0 Å². The van der Waals surface area contributed by atoms with Gasteiger partial charge in [0, 0.05) is 11.6 Å². The summed E-state index contributed by atoms with van der Waals surface area (Å²) in [6.45, 7) is 13.7. The van der Waals surface area contributed by atoms with Gasteiger partial charge < -0.3 is 15.8 Å². The minimum Gasteiger partial charge on any atom is -0.459 e. The van der Waals surface area contributed by atoms with Crippen molar-refractivity contribution in [1.82, 2.24) is 5.32 Å². The molecule has 1 aliphatic carbocycles. The summed E-state index contributed by atoms with van der Waals surface area (Å²) in [7, 11) is 1.91. The second-order valence-corrected chi connectivity index (χ2v) is 6.71. The van der Waals surface area contributed by atoms with E-state index < -0.39 is 12.0 Å². The van der Waals surface area contributed by atoms with Crippen LogP contribution in [0.1, 0.15) is 73.1 Å². The van der Waals surface area contributed by atoms with Gasteiger partial charge in [-0.25, -0.2) is 4.79 Å². The third-order valence-electron chi connectivity index (χ3n) is 4.27. The van der Waals surface area contributed by atoms with Crippen LogP contribution < -0.4 is 11.1 Å². The number of amides is 1. The van der Waals surface area contributed by atoms with Gasteiger partial charge in [-0.15, -0.1) is 6.58 Å². The lowest BCUT2D eigenvalue weighted by Gasteiger charge is -2.21. The number of rotatable bonds is 7. The minimum absolute atomic E-state index is 0.0676. The predicted octanol–water partition coefficient (Wildman–Crippen LogP) is 4.13. The Morgan fingerprint density at radius 1 is 1.38 bits per heavy atom. The van der Waals surface area contributed by atoms with Gasteiger partial charge in [-0.1, -0.05) is 45.8 Å². The van der Waals surface area contributed by atoms with E-state index in [9.17, 15) is 9.59 Å². The second-order valence-electron chi connectivity index (χ2n) is 6.71. The topological polar surface area (TPSA) is 81.4 Å². The minimum atomic E-state index is -0.460. The van der Waals surface area contributed by atoms with E-state index in [1.54, 1.807) is 13.0 Å². The number of esters is 1. The van der Waals surface area contributed by atoms with Gasteiger partial charge in [-0.3, -0.25) is 4.79 Å². The average Bonchev–Trinajstić information content (AvgIpc) is 2.61. The number of carbonyl (C=O) groups excluding carboxylic acids is 2. The number of carbonyl (C=O) groups is 2. The fourth-order valence-corrected chi connectivity index (χ4v) is 2.15. The van der Waals surface area contributed by atoms with Crippen molar-refractivity contribution in [2.75, 3.05) is 7.05 Å². The molecule has 3 N–H and O–H groups in total. The van der Waals surface area contributed by atoms with E-state index in [2.05, 4.69) is 32.7 Å². The second kappa shape index (κ2) is 16.8. The molecule has 0 bridgehead atoms. The van der Waals surface area contributed by atoms with Gasteiger partial charge in [-0.2, -0.15) is 0 Å². The molecule has 0 heterocycles. The normalized spacial score (nSPS) is 16.9. The molecule has 0 fully saturated rings. The molecule has 0 radical (unpaired) electrons. The highest BCUT2D eigenvalue weighted by atomic mass is 16.5. The summed E-state index contributed by atoms with van der Waals surface area (Å²) in [5.74, 6) is 0.150. The Hall–Kier alpha value is -1.62. The summed E-state index contributed by atoms with van der Waals surface area (Å²) in [5.41, 5.74) is 5.73. The molecule has 152 valence electrons. The van der Waals surface area contributed by atoms with Crippen molar-refractivity contribution >= 4 is 11.9 Å². The van der Waals surface area contributed by atoms with Crippen LogP contribution in [0.2, 0.25) is 0 Å². The molecule has 2 unspecified atom stereocenters. The number of ether oxygens (including phenoxy) is 1. The highest BCUT2D eigenvalue weighted by molar-refractivity contribution is 5.89. The SMILES string of the molecule is C=CC.CCC(C)CC.CNC1CC=C(C(=O)OC(C)CC(N)=O)CC1. The van der Waals surface area contributed by atoms with E-state index in [1.165, 1.54) is 12.8 Å². The molecule has 0 saturated carbocycles. The first-order valence-corrected chi connectivity index (χ1v) is 9.68. The van der Waals surface area contributed by atoms with Gasteiger partial charge in [0.25, 0.3) is 0 Å². The number of nitrogens with two attached hydrogens (primary N) is 1. The van der Waals surface area contributed by atoms with Crippen LogP contribution in [-0.4, -0.2) is 31.1 Å². The largest absolute Gasteiger partial charge is 0.459 e. The van der Waals surface area contributed by atoms with Crippen LogP contribution in [0, 0.1) is 5.92 Å². The molecular weight excluding hydrogens is 328 g/mol. The Bertz CT molecular complexity index is 429. The van der Waals surface area contributed by atoms with Gasteiger partial charge in [-0.05, 0) is 46.1 Å². The number of primary amides is 1. The number of allylic oxidation sites excluding steroid dienone is 1. The first kappa shape index (κ1) is 26.6. The lowest BCUT2D eigenvalue weighted by molar-refractivity contribution is -0.144. The van der Waals surface area contributed by atoms with E-state index in [0.717, 1.165) is 18.8 Å². The molecule has 1 aliphatic rings. The Kier molecular flexibility index (Phi) is 17.2. The molecule has 0 aromatic heterocycles. The summed E-state index contributed by atoms with van der Waals surface area (Å²) in [6.07, 6.45) is 8.41. The Balaban J connectivity index is 0. The molecule has 0 spiro atoms. The predicted molar refractivity (Wildman–Crippen MR) is 110 cm³/mol. The molecule has 1 rings (SSSR count). The maximum absolute atomic E-state index is 11.7. The van der Waals surface area contributed by atoms with Crippen molar-refractivity contribution in [3.63, 3.8) is 0 Å². The van der Waals surface area contributed by atoms with E-state index in [1.807, 2.05) is 20.0 Å². The first-order valence-electron chi connectivity index (χ1n) is 9.68. The zero-order valence-corrected chi connectivity index (χ0v) is 17.6. The van der Waals surface area contributed by atoms with Crippen molar-refractivity contribution < 1.29 is 14.3 Å². The van der Waals surface area contributed by atoms with Crippen molar-refractivity contribution in [3.05, 3.63) is 24.3 Å². The molecule has 0 aromatic carbocycles. The lowest BCUT2D eigenvalue weighted by Crippen LogP contribution is -2.29. The van der Waals surface area contributed by atoms with Crippen LogP contribution >= 0.6 is 0 Å². The average molecular weight is 369 g/mol. The van der Waals surface area contributed by atoms with Crippen molar-refractivity contribution in [2.45, 2.75) is 85.3 Å². The molecule has 2 atom stereocenters. The fourth-order valence-electron chi connectivity index (χ4n) is 2.15. The van der Waals surface area contributed by atoms with Crippen LogP contribution in [-0.2, 0) is 14.3 Å². The third-order valence-corrected chi connectivity index (χ3v) is 4.27. The Labute approximate surface area is 160 Å². The molecule has 0 aliphatic heterocycles. The van der Waals surface area contributed by atoms with E-state index in [0.29, 0.717) is 18.0 Å². The molecule has 5 nitrogen and oxygen atoms in total. The maximum atomic E-state index is 11.7. The van der Waals surface area contributed by atoms with Crippen LogP contribution in [0.15, 0.2) is 24.3 Å². The first-order chi connectivity index (χ1) is 12.2. The van der Waals surface area contributed by atoms with E-state index >= 15 is 0 Å². The summed E-state index contributed by atoms with van der Waals surface area (Å²) >= 11 is 0. The molecule has 5 heteroatoms. The quantitative estimate of drug-likeness (QED) is 0.523. The molecular formula is C21H40N2O3. The summed E-state index contributed by atoms with van der Waals surface area (Å²) < 4.78 is 5.14. The molecule has 0 aromatic rings. The van der Waals surface area contributed by atoms with Crippen molar-refractivity contribution in [2.24, 2.45) is 11.7 Å². The number of hydrogen-bond donors (Lipinski definition) is 2. The van der Waals surface area contributed by atoms with Gasteiger partial charge in [0.1, 0.15) is 6.10 Å². The van der Waals surface area contributed by atoms with E-state index in [4.69, 9.17) is 10.5 Å². The Morgan fingerprint density at radius 3 is 2.23 bits per heavy atom. The summed E-state index contributed by atoms with van der Waals surface area (Å²) in [6, 6.07) is 0.439. The standard InChI is InChI=1S/C12H20N2O3.C6H14.C3H6/c1-8(7-11(13)15)17-12(16)9-3-5-10(14-2)6-4-9;1-4-6(3)5-2;1-3-2/h3,8,10,14H,4-7H2,1-2H3,(H2,13,15);6H,4-5H2,1-3H3;3H,1H2,2H3. The van der Waals surface area contributed by atoms with Crippen LogP contribution in [0.5, 0.6) is 0 Å². The molecule has 26 heavy (non-hydrogen) atoms. The fraction of sp³-hybridized carbons (Fsp3) is 0.714. The van der Waals surface area contributed by atoms with Gasteiger partial charge in [0.2, 0.25) is 5.91 Å². The monoisotopic (exact) mass is 368 g/mol. The van der Waals surface area contributed by atoms with Gasteiger partial charge >= 0.3 is 5.97 Å². The summed E-state index contributed by atoms with van der Waals surface area (Å²) in [4.78, 5) is 22.4. The lowest BCUT2D eigenvalue weighted by atomic mass is 9.95. The zero-order valence-electron chi connectivity index (χ0n) is 17.6. The number of nitrogens with one attached hydrogen (secondary N) is 1. The smallest absolute Gasteiger partial charge is 0.333 e. The number of hydrogen-bond acceptors (Lipinski definition) is 4. The molecule has 0 saturated heterocycles. The maximum Gasteiger partial charge on any atom is 0.333 e. The van der Waals surface area contributed by atoms with Crippen LogP contribution in [0.25, 0.3) is 0 Å². The zero-order chi connectivity index (χ0) is 20.5. The molecule has 1 amide bonds. The van der Waals surface area contributed by atoms with Crippen LogP contribution in [0.3, 0.4) is 0 Å². The highest BCUT2D eigenvalue weighted by Gasteiger charge is 2.20. The highest BCUT2D eigenvalue weighted by Crippen LogP contribution is 2.19.